The van der Waals surface area contributed by atoms with Crippen molar-refractivity contribution in [2.45, 2.75) is 303 Å². The summed E-state index contributed by atoms with van der Waals surface area (Å²) in [6.07, 6.45) is 97.2. The van der Waals surface area contributed by atoms with Crippen molar-refractivity contribution in [1.82, 2.24) is 0 Å². The fourth-order valence-corrected chi connectivity index (χ4v) is 11.6. The van der Waals surface area contributed by atoms with Crippen LogP contribution in [0, 0.1) is 0 Å². The highest BCUT2D eigenvalue weighted by molar-refractivity contribution is 7.47. The lowest BCUT2D eigenvalue weighted by atomic mass is 10.1. The normalized spacial score (nSPS) is 14.8. The molecule has 5 unspecified atom stereocenters. The summed E-state index contributed by atoms with van der Waals surface area (Å²) in [7, 11) is -10.0. The fourth-order valence-electron chi connectivity index (χ4n) is 9.99. The van der Waals surface area contributed by atoms with Crippen molar-refractivity contribution >= 4 is 39.5 Å². The van der Waals surface area contributed by atoms with E-state index in [0.717, 1.165) is 180 Å². The first-order valence-corrected chi connectivity index (χ1v) is 43.7. The zero-order valence-corrected chi connectivity index (χ0v) is 68.5. The SMILES string of the molecule is CC/C=C\C/C=C\C/C=C\C/C=C\C/C=C\CC(=O)OCC(COP(=O)(O)OCC(O)COP(=O)(O)OCC(COC(=O)CCCCCCCC/C=C\C/C=C\C/C=C\C/C=C\CC)OC(=O)CCCCCCCC/C=C\C/C=C\C/C=C\CCCCC)OC(=O)CCCC/C=C\C/C=C\C/C=C\C/C=C\CC. The Morgan fingerprint density at radius 1 is 0.278 bits per heavy atom. The summed E-state index contributed by atoms with van der Waals surface area (Å²) >= 11 is 0. The molecule has 0 aliphatic rings. The molecule has 0 aliphatic carbocycles. The third-order valence-electron chi connectivity index (χ3n) is 16.1. The first kappa shape index (κ1) is 102. The van der Waals surface area contributed by atoms with Gasteiger partial charge >= 0.3 is 39.5 Å². The minimum atomic E-state index is -5.02. The zero-order chi connectivity index (χ0) is 78.9. The minimum absolute atomic E-state index is 0.0153. The molecule has 108 heavy (non-hydrogen) atoms. The van der Waals surface area contributed by atoms with Crippen molar-refractivity contribution in [1.29, 1.82) is 0 Å². The number of allylic oxidation sites excluding steroid dienone is 31. The molecular weight excluding hydrogens is 1400 g/mol. The van der Waals surface area contributed by atoms with E-state index < -0.39 is 97.5 Å². The van der Waals surface area contributed by atoms with E-state index in [2.05, 4.69) is 192 Å². The van der Waals surface area contributed by atoms with E-state index in [0.29, 0.717) is 32.1 Å². The van der Waals surface area contributed by atoms with Gasteiger partial charge in [0.2, 0.25) is 0 Å². The number of ether oxygens (including phenoxy) is 4. The van der Waals surface area contributed by atoms with E-state index in [1.165, 1.54) is 19.3 Å². The quantitative estimate of drug-likeness (QED) is 0.0169. The molecule has 0 amide bonds. The first-order chi connectivity index (χ1) is 52.7. The number of phosphoric acid groups is 2. The van der Waals surface area contributed by atoms with Gasteiger partial charge in [0, 0.05) is 19.3 Å². The number of carbonyl (C=O) groups is 4. The van der Waals surface area contributed by atoms with Gasteiger partial charge in [-0.25, -0.2) is 9.13 Å². The molecule has 0 aromatic heterocycles. The molecule has 0 bridgehead atoms. The first-order valence-electron chi connectivity index (χ1n) is 40.7. The van der Waals surface area contributed by atoms with Crippen molar-refractivity contribution < 1.29 is 80.2 Å². The van der Waals surface area contributed by atoms with Crippen LogP contribution in [0.15, 0.2) is 194 Å². The van der Waals surface area contributed by atoms with Gasteiger partial charge in [-0.1, -0.05) is 286 Å². The third kappa shape index (κ3) is 78.0. The van der Waals surface area contributed by atoms with Crippen LogP contribution >= 0.6 is 15.6 Å². The molecule has 0 rings (SSSR count). The molecule has 0 aromatic carbocycles. The summed E-state index contributed by atoms with van der Waals surface area (Å²) < 4.78 is 68.5. The smallest absolute Gasteiger partial charge is 0.462 e. The third-order valence-corrected chi connectivity index (χ3v) is 18.0. The van der Waals surface area contributed by atoms with E-state index in [9.17, 15) is 43.2 Å². The molecule has 0 saturated carbocycles. The van der Waals surface area contributed by atoms with Gasteiger partial charge in [0.25, 0.3) is 0 Å². The summed E-state index contributed by atoms with van der Waals surface area (Å²) in [6.45, 7) is 4.29. The highest BCUT2D eigenvalue weighted by Gasteiger charge is 2.30. The molecule has 0 radical (unpaired) electrons. The summed E-state index contributed by atoms with van der Waals surface area (Å²) in [4.78, 5) is 73.1. The van der Waals surface area contributed by atoms with E-state index in [4.69, 9.17) is 37.0 Å². The van der Waals surface area contributed by atoms with E-state index in [-0.39, 0.29) is 25.7 Å². The molecule has 5 atom stereocenters. The Morgan fingerprint density at radius 3 is 0.843 bits per heavy atom. The molecule has 0 aliphatic heterocycles. The lowest BCUT2D eigenvalue weighted by Gasteiger charge is -2.21. The van der Waals surface area contributed by atoms with Crippen LogP contribution in [0.5, 0.6) is 0 Å². The van der Waals surface area contributed by atoms with Crippen LogP contribution in [0.25, 0.3) is 0 Å². The summed E-state index contributed by atoms with van der Waals surface area (Å²) in [5, 5.41) is 10.7. The topological polar surface area (TPSA) is 237 Å². The van der Waals surface area contributed by atoms with Crippen LogP contribution < -0.4 is 0 Å². The number of hydrogen-bond donors (Lipinski definition) is 3. The molecule has 610 valence electrons. The number of hydrogen-bond acceptors (Lipinski definition) is 15. The maximum Gasteiger partial charge on any atom is 0.472 e. The lowest BCUT2D eigenvalue weighted by molar-refractivity contribution is -0.161. The Kier molecular flexibility index (Phi) is 74.5. The summed E-state index contributed by atoms with van der Waals surface area (Å²) in [6, 6.07) is 0. The van der Waals surface area contributed by atoms with E-state index >= 15 is 0 Å². The van der Waals surface area contributed by atoms with Crippen LogP contribution in [-0.4, -0.2) is 96.7 Å². The summed E-state index contributed by atoms with van der Waals surface area (Å²) in [5.41, 5.74) is 0. The van der Waals surface area contributed by atoms with Crippen molar-refractivity contribution in [3.8, 4) is 0 Å². The molecule has 17 nitrogen and oxygen atoms in total. The van der Waals surface area contributed by atoms with Gasteiger partial charge in [-0.15, -0.1) is 0 Å². The van der Waals surface area contributed by atoms with E-state index in [1.807, 2.05) is 24.3 Å². The van der Waals surface area contributed by atoms with Gasteiger partial charge < -0.3 is 33.8 Å². The second kappa shape index (κ2) is 79.0. The maximum atomic E-state index is 13.1. The maximum absolute atomic E-state index is 13.1. The van der Waals surface area contributed by atoms with Crippen molar-refractivity contribution in [3.63, 3.8) is 0 Å². The largest absolute Gasteiger partial charge is 0.472 e. The highest BCUT2D eigenvalue weighted by atomic mass is 31.2. The van der Waals surface area contributed by atoms with Crippen molar-refractivity contribution in [2.75, 3.05) is 39.6 Å². The van der Waals surface area contributed by atoms with Crippen LogP contribution in [0.4, 0.5) is 0 Å². The predicted octanol–water partition coefficient (Wildman–Crippen LogP) is 24.1. The standard InChI is InChI=1S/C89H142O17P2/c1-5-9-13-17-21-25-29-33-37-39-41-43-47-50-54-58-62-66-70-74-87(92)100-80-85(106-89(94)76-72-68-64-60-56-52-48-44-42-40-38-34-30-26-22-18-14-10-6-2)82-104-108(97,98)102-78-83(90)77-101-107(95,96)103-81-84(105-88(93)75-71-67-63-59-55-51-46-36-32-28-24-20-16-12-8-4)79-99-86(91)73-69-65-61-57-53-49-45-35-31-27-23-19-15-11-7-3/h9,11-13,15-16,21-28,33-38,41-46,53,55,57,59,65,69,83-85,90H,5-8,10,14,17-20,29-32,39-40,47-52,54,56,58,60-64,66-68,70-82H2,1-4H3,(H,95,96)(H,97,98)/b13-9-,15-11-,16-12-,25-21-,26-22-,27-23-,28-24-,37-33-,38-34-,43-41-,44-42-,45-35-,46-36-,57-53-,59-55-,69-65-. The molecule has 0 spiro atoms. The Morgan fingerprint density at radius 2 is 0.519 bits per heavy atom. The number of aliphatic hydroxyl groups is 1. The Hall–Kier alpha value is -6.10. The van der Waals surface area contributed by atoms with Crippen molar-refractivity contribution in [2.24, 2.45) is 0 Å². The minimum Gasteiger partial charge on any atom is -0.462 e. The number of esters is 4. The Labute approximate surface area is 653 Å². The highest BCUT2D eigenvalue weighted by Crippen LogP contribution is 2.45. The molecule has 19 heteroatoms. The molecular formula is C89H142O17P2. The van der Waals surface area contributed by atoms with Gasteiger partial charge in [0.05, 0.1) is 32.8 Å². The van der Waals surface area contributed by atoms with Gasteiger partial charge in [-0.2, -0.15) is 0 Å². The molecule has 0 aromatic rings. The Balaban J connectivity index is 5.51. The average molecular weight is 1550 g/mol. The molecule has 0 fully saturated rings. The molecule has 0 saturated heterocycles. The van der Waals surface area contributed by atoms with Gasteiger partial charge in [-0.3, -0.25) is 37.3 Å². The molecule has 0 heterocycles. The van der Waals surface area contributed by atoms with E-state index in [1.54, 1.807) is 6.08 Å². The van der Waals surface area contributed by atoms with Gasteiger partial charge in [-0.05, 0) is 167 Å². The van der Waals surface area contributed by atoms with Crippen LogP contribution in [0.2, 0.25) is 0 Å². The van der Waals surface area contributed by atoms with Crippen LogP contribution in [0.3, 0.4) is 0 Å². The van der Waals surface area contributed by atoms with Crippen LogP contribution in [-0.2, 0) is 65.4 Å². The average Bonchev–Trinajstić information content (AvgIpc) is 0.899. The second-order valence-electron chi connectivity index (χ2n) is 26.2. The number of unbranched alkanes of at least 4 members (excludes halogenated alkanes) is 17. The number of rotatable bonds is 74. The number of phosphoric ester groups is 2. The number of aliphatic hydroxyl groups excluding tert-OH is 1. The second-order valence-corrected chi connectivity index (χ2v) is 29.1. The van der Waals surface area contributed by atoms with Crippen LogP contribution in [0.1, 0.15) is 285 Å². The van der Waals surface area contributed by atoms with Gasteiger partial charge in [0.15, 0.2) is 12.2 Å². The molecule has 3 N–H and O–H groups in total. The van der Waals surface area contributed by atoms with Crippen molar-refractivity contribution in [3.05, 3.63) is 194 Å². The summed E-state index contributed by atoms with van der Waals surface area (Å²) in [5.74, 6) is -2.42. The number of carbonyl (C=O) groups excluding carboxylic acids is 4. The fraction of sp³-hybridized carbons (Fsp3) is 0.596. The van der Waals surface area contributed by atoms with Gasteiger partial charge in [0.1, 0.15) is 19.3 Å². The Bertz CT molecular complexity index is 2810. The monoisotopic (exact) mass is 1540 g/mol. The zero-order valence-electron chi connectivity index (χ0n) is 66.7. The predicted molar refractivity (Wildman–Crippen MR) is 445 cm³/mol. The lowest BCUT2D eigenvalue weighted by Crippen LogP contribution is -2.30.